The lowest BCUT2D eigenvalue weighted by atomic mass is 9.82. The molecule has 188 valence electrons. The molecule has 7 heteroatoms. The Morgan fingerprint density at radius 1 is 1.00 bits per heavy atom. The Morgan fingerprint density at radius 3 is 2.17 bits per heavy atom. The van der Waals surface area contributed by atoms with Gasteiger partial charge in [-0.3, -0.25) is 4.79 Å². The normalized spacial score (nSPS) is 19.3. The molecule has 6 nitrogen and oxygen atoms in total. The van der Waals surface area contributed by atoms with E-state index in [1.165, 1.54) is 13.5 Å². The Hall–Kier alpha value is -2.57. The van der Waals surface area contributed by atoms with Crippen molar-refractivity contribution < 1.29 is 19.4 Å². The average molecular weight is 499 g/mol. The molecule has 2 aromatic carbocycles. The number of esters is 1. The van der Waals surface area contributed by atoms with E-state index in [-0.39, 0.29) is 5.91 Å². The van der Waals surface area contributed by atoms with Gasteiger partial charge in [0, 0.05) is 31.9 Å². The molecule has 2 heterocycles. The quantitative estimate of drug-likeness (QED) is 0.575. The van der Waals surface area contributed by atoms with Crippen molar-refractivity contribution in [2.45, 2.75) is 44.6 Å². The van der Waals surface area contributed by atoms with E-state index in [0.29, 0.717) is 41.1 Å². The number of methoxy groups -OCH3 is 1. The van der Waals surface area contributed by atoms with E-state index in [1.54, 1.807) is 25.1 Å². The van der Waals surface area contributed by atoms with E-state index in [4.69, 9.17) is 16.3 Å². The third kappa shape index (κ3) is 5.81. The van der Waals surface area contributed by atoms with Crippen molar-refractivity contribution in [3.8, 4) is 0 Å². The van der Waals surface area contributed by atoms with Gasteiger partial charge < -0.3 is 19.6 Å². The largest absolute Gasteiger partial charge is 0.465 e. The van der Waals surface area contributed by atoms with Gasteiger partial charge in [0.25, 0.3) is 5.91 Å². The number of nitrogens with zero attached hydrogens (tertiary/aromatic N) is 2. The lowest BCUT2D eigenvalue weighted by Gasteiger charge is -2.39. The summed E-state index contributed by atoms with van der Waals surface area (Å²) in [4.78, 5) is 29.0. The second kappa shape index (κ2) is 11.0. The maximum absolute atomic E-state index is 13.0. The molecule has 2 aliphatic rings. The fraction of sp³-hybridized carbons (Fsp3) is 0.500. The van der Waals surface area contributed by atoms with E-state index in [2.05, 4.69) is 4.90 Å². The molecule has 0 unspecified atom stereocenters. The number of anilines is 1. The molecule has 2 fully saturated rings. The summed E-state index contributed by atoms with van der Waals surface area (Å²) in [6.07, 6.45) is 5.41. The van der Waals surface area contributed by atoms with Gasteiger partial charge in [-0.1, -0.05) is 41.9 Å². The Bertz CT molecular complexity index is 1030. The summed E-state index contributed by atoms with van der Waals surface area (Å²) in [6, 6.07) is 14.7. The molecule has 0 saturated carbocycles. The van der Waals surface area contributed by atoms with Gasteiger partial charge in [-0.05, 0) is 74.6 Å². The van der Waals surface area contributed by atoms with Crippen molar-refractivity contribution in [2.24, 2.45) is 11.8 Å². The van der Waals surface area contributed by atoms with Crippen molar-refractivity contribution >= 4 is 29.2 Å². The molecule has 0 radical (unpaired) electrons. The smallest absolute Gasteiger partial charge is 0.339 e. The van der Waals surface area contributed by atoms with Crippen LogP contribution in [0.2, 0.25) is 5.02 Å². The van der Waals surface area contributed by atoms with Crippen LogP contribution in [-0.4, -0.2) is 55.2 Å². The Labute approximate surface area is 212 Å². The first-order valence-corrected chi connectivity index (χ1v) is 12.9. The summed E-state index contributed by atoms with van der Waals surface area (Å²) >= 11 is 6.31. The number of likely N-dealkylation sites (tertiary alicyclic amines) is 1. The number of benzene rings is 2. The average Bonchev–Trinajstić information content (AvgIpc) is 2.89. The third-order valence-electron chi connectivity index (χ3n) is 7.66. The summed E-state index contributed by atoms with van der Waals surface area (Å²) in [5.74, 6) is 0.672. The predicted octanol–water partition coefficient (Wildman–Crippen LogP) is 4.88. The van der Waals surface area contributed by atoms with Crippen molar-refractivity contribution in [3.63, 3.8) is 0 Å². The molecule has 0 bridgehead atoms. The summed E-state index contributed by atoms with van der Waals surface area (Å²) < 4.78 is 4.77. The van der Waals surface area contributed by atoms with Gasteiger partial charge in [-0.15, -0.1) is 0 Å². The fourth-order valence-corrected chi connectivity index (χ4v) is 5.69. The number of piperidine rings is 2. The van der Waals surface area contributed by atoms with Crippen molar-refractivity contribution in [2.75, 3.05) is 38.2 Å². The van der Waals surface area contributed by atoms with Gasteiger partial charge >= 0.3 is 5.97 Å². The maximum atomic E-state index is 13.0. The minimum atomic E-state index is -1.49. The van der Waals surface area contributed by atoms with Gasteiger partial charge in [0.15, 0.2) is 5.60 Å². The third-order valence-corrected chi connectivity index (χ3v) is 7.97. The molecule has 4 rings (SSSR count). The lowest BCUT2D eigenvalue weighted by molar-refractivity contribution is -0.152. The number of amides is 1. The molecule has 35 heavy (non-hydrogen) atoms. The van der Waals surface area contributed by atoms with Crippen LogP contribution in [-0.2, 0) is 15.1 Å². The van der Waals surface area contributed by atoms with Crippen LogP contribution in [0, 0.1) is 11.8 Å². The maximum Gasteiger partial charge on any atom is 0.339 e. The van der Waals surface area contributed by atoms with Crippen molar-refractivity contribution in [3.05, 3.63) is 64.7 Å². The number of aliphatic hydroxyl groups is 1. The number of carbonyl (C=O) groups excluding carboxylic acids is 2. The first kappa shape index (κ1) is 25.5. The Balaban J connectivity index is 1.24. The van der Waals surface area contributed by atoms with E-state index < -0.39 is 11.6 Å². The molecule has 2 aromatic rings. The highest BCUT2D eigenvalue weighted by molar-refractivity contribution is 6.33. The van der Waals surface area contributed by atoms with Gasteiger partial charge in [0.1, 0.15) is 0 Å². The second-order valence-corrected chi connectivity index (χ2v) is 10.4. The van der Waals surface area contributed by atoms with Crippen LogP contribution < -0.4 is 4.90 Å². The first-order valence-electron chi connectivity index (χ1n) is 12.5. The van der Waals surface area contributed by atoms with E-state index >= 15 is 0 Å². The fourth-order valence-electron chi connectivity index (χ4n) is 5.44. The van der Waals surface area contributed by atoms with Crippen LogP contribution in [0.3, 0.4) is 0 Å². The summed E-state index contributed by atoms with van der Waals surface area (Å²) in [5.41, 5.74) is 0.584. The Morgan fingerprint density at radius 2 is 1.60 bits per heavy atom. The zero-order valence-electron chi connectivity index (χ0n) is 20.6. The van der Waals surface area contributed by atoms with Crippen LogP contribution in [0.25, 0.3) is 0 Å². The molecular weight excluding hydrogens is 464 g/mol. The highest BCUT2D eigenvalue weighted by Gasteiger charge is 2.37. The molecule has 1 N–H and O–H groups in total. The SMILES string of the molecule is COC(=O)c1ccc(N2CCC(CC3CCN(C(=O)[C@](C)(O)c4ccccc4)CC3)CC2)cc1Cl. The zero-order chi connectivity index (χ0) is 25.0. The van der Waals surface area contributed by atoms with Crippen LogP contribution in [0.5, 0.6) is 0 Å². The monoisotopic (exact) mass is 498 g/mol. The zero-order valence-corrected chi connectivity index (χ0v) is 21.3. The van der Waals surface area contributed by atoms with Crippen molar-refractivity contribution in [1.29, 1.82) is 0 Å². The van der Waals surface area contributed by atoms with Gasteiger partial charge in [0.2, 0.25) is 0 Å². The predicted molar refractivity (Wildman–Crippen MR) is 138 cm³/mol. The van der Waals surface area contributed by atoms with Crippen LogP contribution >= 0.6 is 11.6 Å². The van der Waals surface area contributed by atoms with Gasteiger partial charge in [-0.2, -0.15) is 0 Å². The summed E-state index contributed by atoms with van der Waals surface area (Å²) in [6.45, 7) is 4.94. The summed E-state index contributed by atoms with van der Waals surface area (Å²) in [7, 11) is 1.35. The van der Waals surface area contributed by atoms with Crippen LogP contribution in [0.4, 0.5) is 5.69 Å². The molecule has 1 atom stereocenters. The number of carbonyl (C=O) groups is 2. The summed E-state index contributed by atoms with van der Waals surface area (Å²) in [5, 5.41) is 11.3. The van der Waals surface area contributed by atoms with Gasteiger partial charge in [0.05, 0.1) is 17.7 Å². The standard InChI is InChI=1S/C28H35ClN2O4/c1-28(34,22-6-4-3-5-7-22)27(33)31-16-12-21(13-17-31)18-20-10-14-30(15-11-20)23-8-9-24(25(29)19-23)26(32)35-2/h3-9,19-21,34H,10-18H2,1-2H3/t28-/m1/s1. The molecule has 2 saturated heterocycles. The lowest BCUT2D eigenvalue weighted by Crippen LogP contribution is -2.48. The van der Waals surface area contributed by atoms with E-state index in [9.17, 15) is 14.7 Å². The topological polar surface area (TPSA) is 70.1 Å². The molecule has 0 spiro atoms. The highest BCUT2D eigenvalue weighted by atomic mass is 35.5. The van der Waals surface area contributed by atoms with Crippen LogP contribution in [0.1, 0.15) is 54.9 Å². The minimum Gasteiger partial charge on any atom is -0.465 e. The molecular formula is C28H35ClN2O4. The van der Waals surface area contributed by atoms with Gasteiger partial charge in [-0.25, -0.2) is 4.79 Å². The molecule has 1 amide bonds. The number of hydrogen-bond donors (Lipinski definition) is 1. The minimum absolute atomic E-state index is 0.202. The second-order valence-electron chi connectivity index (χ2n) is 10.00. The Kier molecular flexibility index (Phi) is 8.02. The number of rotatable bonds is 6. The molecule has 0 aromatic heterocycles. The first-order chi connectivity index (χ1) is 16.8. The molecule has 2 aliphatic heterocycles. The van der Waals surface area contributed by atoms with Crippen molar-refractivity contribution in [1.82, 2.24) is 4.90 Å². The van der Waals surface area contributed by atoms with Crippen LogP contribution in [0.15, 0.2) is 48.5 Å². The van der Waals surface area contributed by atoms with E-state index in [1.807, 2.05) is 35.2 Å². The van der Waals surface area contributed by atoms with E-state index in [0.717, 1.165) is 44.5 Å². The number of halogens is 1. The highest BCUT2D eigenvalue weighted by Crippen LogP contribution is 2.34. The molecule has 0 aliphatic carbocycles. The number of hydrogen-bond acceptors (Lipinski definition) is 5. The number of ether oxygens (including phenoxy) is 1.